The van der Waals surface area contributed by atoms with Gasteiger partial charge < -0.3 is 9.80 Å². The van der Waals surface area contributed by atoms with Crippen LogP contribution in [0.2, 0.25) is 5.02 Å². The zero-order valence-electron chi connectivity index (χ0n) is 20.6. The molecule has 12 nitrogen and oxygen atoms in total. The van der Waals surface area contributed by atoms with E-state index >= 15 is 0 Å². The third-order valence-electron chi connectivity index (χ3n) is 6.90. The number of nitrogens with one attached hydrogen (secondary N) is 1. The summed E-state index contributed by atoms with van der Waals surface area (Å²) >= 11 is 6.20. The molecule has 0 aliphatic carbocycles. The fraction of sp³-hybridized carbons (Fsp3) is 0.458. The van der Waals surface area contributed by atoms with Gasteiger partial charge in [-0.2, -0.15) is 4.80 Å². The zero-order chi connectivity index (χ0) is 25.8. The minimum absolute atomic E-state index is 0.0108. The maximum Gasteiger partial charge on any atom is 0.276 e. The predicted molar refractivity (Wildman–Crippen MR) is 136 cm³/mol. The predicted octanol–water partition coefficient (Wildman–Crippen LogP) is 1.26. The molecular formula is C24H29ClN10O2. The summed E-state index contributed by atoms with van der Waals surface area (Å²) in [7, 11) is 0. The van der Waals surface area contributed by atoms with Crippen molar-refractivity contribution in [3.05, 3.63) is 58.1 Å². The van der Waals surface area contributed by atoms with E-state index in [4.69, 9.17) is 11.6 Å². The highest BCUT2D eigenvalue weighted by molar-refractivity contribution is 6.30. The molecule has 1 N–H and O–H groups in total. The third kappa shape index (κ3) is 6.03. The van der Waals surface area contributed by atoms with Crippen LogP contribution < -0.4 is 0 Å². The van der Waals surface area contributed by atoms with Crippen molar-refractivity contribution in [3.8, 4) is 0 Å². The number of piperidine rings is 1. The van der Waals surface area contributed by atoms with Crippen molar-refractivity contribution in [1.29, 1.82) is 0 Å². The Morgan fingerprint density at radius 3 is 2.54 bits per heavy atom. The van der Waals surface area contributed by atoms with Crippen molar-refractivity contribution in [3.63, 3.8) is 0 Å². The number of aromatic nitrogens is 7. The third-order valence-corrected chi connectivity index (χ3v) is 7.14. The van der Waals surface area contributed by atoms with Crippen LogP contribution in [0, 0.1) is 6.92 Å². The Labute approximate surface area is 219 Å². The highest BCUT2D eigenvalue weighted by Crippen LogP contribution is 2.21. The Hall–Kier alpha value is -3.64. The van der Waals surface area contributed by atoms with Crippen molar-refractivity contribution in [2.45, 2.75) is 32.4 Å². The number of aromatic amines is 1. The molecule has 2 aliphatic heterocycles. The van der Waals surface area contributed by atoms with Crippen molar-refractivity contribution < 1.29 is 9.59 Å². The van der Waals surface area contributed by atoms with E-state index in [1.807, 2.05) is 28.0 Å². The molecule has 0 atom stereocenters. The van der Waals surface area contributed by atoms with E-state index in [0.29, 0.717) is 55.3 Å². The lowest BCUT2D eigenvalue weighted by Gasteiger charge is -2.42. The summed E-state index contributed by atoms with van der Waals surface area (Å²) in [5.41, 5.74) is 2.15. The first-order chi connectivity index (χ1) is 18.0. The Morgan fingerprint density at radius 1 is 1.08 bits per heavy atom. The summed E-state index contributed by atoms with van der Waals surface area (Å²) in [5.74, 6) is 0.508. The number of aryl methyl sites for hydroxylation is 1. The normalized spacial score (nSPS) is 17.6. The smallest absolute Gasteiger partial charge is 0.276 e. The van der Waals surface area contributed by atoms with E-state index < -0.39 is 0 Å². The van der Waals surface area contributed by atoms with Gasteiger partial charge in [0.15, 0.2) is 11.5 Å². The lowest BCUT2D eigenvalue weighted by molar-refractivity contribution is -0.128. The first-order valence-electron chi connectivity index (χ1n) is 12.4. The van der Waals surface area contributed by atoms with Crippen molar-refractivity contribution >= 4 is 29.5 Å². The lowest BCUT2D eigenvalue weighted by Crippen LogP contribution is -2.54. The molecule has 2 saturated heterocycles. The molecule has 2 aliphatic rings. The van der Waals surface area contributed by atoms with E-state index in [1.54, 1.807) is 19.1 Å². The monoisotopic (exact) mass is 524 g/mol. The maximum atomic E-state index is 12.9. The fourth-order valence-electron chi connectivity index (χ4n) is 4.89. The Balaban J connectivity index is 1.12. The standard InChI is InChI=1S/C24H29ClN10O2/c1-17-27-31-35(29-17)16-19-14-20(25)4-2-18(19)3-5-23(36)33-12-10-32(11-13-33)21-6-8-34(9-7-21)24(37)22-15-26-30-28-22/h2-5,14-15,21H,6-13,16H2,1H3,(H,26,28,30). The number of hydrogen-bond acceptors (Lipinski definition) is 8. The highest BCUT2D eigenvalue weighted by atomic mass is 35.5. The van der Waals surface area contributed by atoms with E-state index in [2.05, 4.69) is 35.7 Å². The molecule has 2 aromatic heterocycles. The van der Waals surface area contributed by atoms with Crippen LogP contribution in [0.4, 0.5) is 0 Å². The van der Waals surface area contributed by atoms with E-state index in [1.165, 1.54) is 11.0 Å². The molecule has 2 amide bonds. The minimum atomic E-state index is -0.0779. The van der Waals surface area contributed by atoms with Gasteiger partial charge in [0, 0.05) is 56.4 Å². The first kappa shape index (κ1) is 25.0. The number of benzene rings is 1. The topological polar surface area (TPSA) is 129 Å². The Kier molecular flexibility index (Phi) is 7.56. The quantitative estimate of drug-likeness (QED) is 0.477. The molecule has 13 heteroatoms. The van der Waals surface area contributed by atoms with Gasteiger partial charge in [0.1, 0.15) is 0 Å². The van der Waals surface area contributed by atoms with Gasteiger partial charge >= 0.3 is 0 Å². The van der Waals surface area contributed by atoms with Gasteiger partial charge in [-0.1, -0.05) is 22.9 Å². The maximum absolute atomic E-state index is 12.9. The summed E-state index contributed by atoms with van der Waals surface area (Å²) < 4.78 is 0. The van der Waals surface area contributed by atoms with Crippen LogP contribution in [-0.4, -0.2) is 107 Å². The number of tetrazole rings is 1. The molecule has 37 heavy (non-hydrogen) atoms. The van der Waals surface area contributed by atoms with Crippen molar-refractivity contribution in [1.82, 2.24) is 50.3 Å². The van der Waals surface area contributed by atoms with Gasteiger partial charge in [0.25, 0.3) is 5.91 Å². The second-order valence-corrected chi connectivity index (χ2v) is 9.72. The molecule has 1 aromatic carbocycles. The largest absolute Gasteiger partial charge is 0.337 e. The molecule has 194 valence electrons. The van der Waals surface area contributed by atoms with Crippen LogP contribution >= 0.6 is 11.6 Å². The number of halogens is 1. The van der Waals surface area contributed by atoms with Crippen LogP contribution in [0.5, 0.6) is 0 Å². The number of amides is 2. The number of carbonyl (C=O) groups excluding carboxylic acids is 2. The van der Waals surface area contributed by atoms with Crippen LogP contribution in [0.15, 0.2) is 30.5 Å². The SMILES string of the molecule is Cc1nnn(Cc2cc(Cl)ccc2C=CC(=O)N2CCN(C3CCN(C(=O)c4c[nH]nn4)CC3)CC2)n1. The highest BCUT2D eigenvalue weighted by Gasteiger charge is 2.30. The van der Waals surface area contributed by atoms with E-state index in [9.17, 15) is 9.59 Å². The Morgan fingerprint density at radius 2 is 1.86 bits per heavy atom. The second kappa shape index (κ2) is 11.2. The number of rotatable bonds is 6. The number of piperazine rings is 1. The molecule has 3 aromatic rings. The average Bonchev–Trinajstić information content (AvgIpc) is 3.60. The van der Waals surface area contributed by atoms with Gasteiger partial charge in [-0.3, -0.25) is 19.6 Å². The minimum Gasteiger partial charge on any atom is -0.337 e. The van der Waals surface area contributed by atoms with Gasteiger partial charge in [-0.15, -0.1) is 15.3 Å². The molecule has 0 saturated carbocycles. The molecule has 5 rings (SSSR count). The summed E-state index contributed by atoms with van der Waals surface area (Å²) in [5, 5.41) is 22.8. The fourth-order valence-corrected chi connectivity index (χ4v) is 5.09. The number of nitrogens with zero attached hydrogens (tertiary/aromatic N) is 9. The zero-order valence-corrected chi connectivity index (χ0v) is 21.4. The molecule has 0 unspecified atom stereocenters. The summed E-state index contributed by atoms with van der Waals surface area (Å²) in [6.45, 7) is 6.60. The van der Waals surface area contributed by atoms with Crippen LogP contribution in [0.1, 0.15) is 40.3 Å². The molecule has 0 bridgehead atoms. The van der Waals surface area contributed by atoms with E-state index in [-0.39, 0.29) is 11.8 Å². The van der Waals surface area contributed by atoms with Gasteiger partial charge in [0.2, 0.25) is 5.91 Å². The second-order valence-electron chi connectivity index (χ2n) is 9.29. The molecule has 0 spiro atoms. The van der Waals surface area contributed by atoms with Crippen molar-refractivity contribution in [2.75, 3.05) is 39.3 Å². The molecule has 4 heterocycles. The number of likely N-dealkylation sites (tertiary alicyclic amines) is 1. The van der Waals surface area contributed by atoms with Gasteiger partial charge in [-0.25, -0.2) is 0 Å². The van der Waals surface area contributed by atoms with Crippen molar-refractivity contribution in [2.24, 2.45) is 0 Å². The molecule has 2 fully saturated rings. The average molecular weight is 525 g/mol. The van der Waals surface area contributed by atoms with Crippen LogP contribution in [-0.2, 0) is 11.3 Å². The Bertz CT molecular complexity index is 1260. The lowest BCUT2D eigenvalue weighted by atomic mass is 10.0. The summed E-state index contributed by atoms with van der Waals surface area (Å²) in [6, 6.07) is 5.97. The first-order valence-corrected chi connectivity index (χ1v) is 12.7. The number of H-pyrrole nitrogens is 1. The number of carbonyl (C=O) groups is 2. The van der Waals surface area contributed by atoms with Gasteiger partial charge in [0.05, 0.1) is 12.7 Å². The molecular weight excluding hydrogens is 496 g/mol. The van der Waals surface area contributed by atoms with E-state index in [0.717, 1.165) is 37.1 Å². The van der Waals surface area contributed by atoms with Gasteiger partial charge in [-0.05, 0) is 54.3 Å². The van der Waals surface area contributed by atoms with Crippen LogP contribution in [0.3, 0.4) is 0 Å². The summed E-state index contributed by atoms with van der Waals surface area (Å²) in [4.78, 5) is 33.1. The number of hydrogen-bond donors (Lipinski definition) is 1. The summed E-state index contributed by atoms with van der Waals surface area (Å²) in [6.07, 6.45) is 6.80. The van der Waals surface area contributed by atoms with Crippen LogP contribution in [0.25, 0.3) is 6.08 Å². The molecule has 0 radical (unpaired) electrons.